The highest BCUT2D eigenvalue weighted by Crippen LogP contribution is 2.46. The van der Waals surface area contributed by atoms with E-state index in [0.717, 1.165) is 23.8 Å². The molecule has 0 radical (unpaired) electrons. The van der Waals surface area contributed by atoms with Crippen LogP contribution in [0.3, 0.4) is 0 Å². The van der Waals surface area contributed by atoms with E-state index in [2.05, 4.69) is 49.3 Å². The molecule has 1 aliphatic rings. The first kappa shape index (κ1) is 14.8. The summed E-state index contributed by atoms with van der Waals surface area (Å²) in [5.74, 6) is 0.990. The molecule has 108 valence electrons. The second kappa shape index (κ2) is 5.39. The summed E-state index contributed by atoms with van der Waals surface area (Å²) in [6.07, 6.45) is 5.84. The van der Waals surface area contributed by atoms with Crippen molar-refractivity contribution in [3.63, 3.8) is 0 Å². The number of aryl methyl sites for hydroxylation is 1. The van der Waals surface area contributed by atoms with Gasteiger partial charge in [0.25, 0.3) is 0 Å². The summed E-state index contributed by atoms with van der Waals surface area (Å²) in [5.41, 5.74) is 0.826. The molecular weight excluding hydrogens is 254 g/mol. The molecule has 19 heavy (non-hydrogen) atoms. The Morgan fingerprint density at radius 3 is 2.42 bits per heavy atom. The summed E-state index contributed by atoms with van der Waals surface area (Å²) in [4.78, 5) is 4.59. The van der Waals surface area contributed by atoms with Crippen LogP contribution in [0.2, 0.25) is 0 Å². The van der Waals surface area contributed by atoms with Gasteiger partial charge in [-0.2, -0.15) is 4.37 Å². The summed E-state index contributed by atoms with van der Waals surface area (Å²) >= 11 is 1.51. The van der Waals surface area contributed by atoms with Gasteiger partial charge in [0.05, 0.1) is 0 Å². The molecule has 1 aromatic heterocycles. The molecule has 0 saturated heterocycles. The molecule has 0 unspecified atom stereocenters. The Morgan fingerprint density at radius 1 is 1.21 bits per heavy atom. The zero-order valence-corrected chi connectivity index (χ0v) is 13.7. The van der Waals surface area contributed by atoms with E-state index in [0.29, 0.717) is 16.9 Å². The van der Waals surface area contributed by atoms with E-state index in [-0.39, 0.29) is 0 Å². The van der Waals surface area contributed by atoms with Gasteiger partial charge in [-0.05, 0) is 36.5 Å². The fraction of sp³-hybridized carbons (Fsp3) is 0.867. The number of rotatable bonds is 4. The van der Waals surface area contributed by atoms with E-state index in [9.17, 15) is 0 Å². The van der Waals surface area contributed by atoms with Crippen LogP contribution in [0.1, 0.15) is 66.1 Å². The molecule has 0 amide bonds. The zero-order chi connectivity index (χ0) is 14.1. The first-order valence-corrected chi connectivity index (χ1v) is 8.16. The van der Waals surface area contributed by atoms with Gasteiger partial charge in [0.1, 0.15) is 5.82 Å². The zero-order valence-electron chi connectivity index (χ0n) is 12.9. The highest BCUT2D eigenvalue weighted by Gasteiger charge is 2.38. The molecule has 1 heterocycles. The summed E-state index contributed by atoms with van der Waals surface area (Å²) < 4.78 is 4.41. The highest BCUT2D eigenvalue weighted by molar-refractivity contribution is 7.09. The van der Waals surface area contributed by atoms with Crippen LogP contribution in [0, 0.1) is 10.8 Å². The molecule has 1 N–H and O–H groups in total. The monoisotopic (exact) mass is 281 g/mol. The van der Waals surface area contributed by atoms with Gasteiger partial charge in [0.2, 0.25) is 5.13 Å². The van der Waals surface area contributed by atoms with Crippen LogP contribution in [0.25, 0.3) is 0 Å². The van der Waals surface area contributed by atoms with Crippen molar-refractivity contribution >= 4 is 16.7 Å². The number of aromatic nitrogens is 2. The quantitative estimate of drug-likeness (QED) is 0.882. The Labute approximate surface area is 121 Å². The number of hydrogen-bond acceptors (Lipinski definition) is 4. The van der Waals surface area contributed by atoms with Crippen LogP contribution in [0.4, 0.5) is 5.13 Å². The van der Waals surface area contributed by atoms with Crippen molar-refractivity contribution in [2.75, 3.05) is 5.32 Å². The van der Waals surface area contributed by atoms with Crippen molar-refractivity contribution in [1.82, 2.24) is 9.36 Å². The largest absolute Gasteiger partial charge is 0.358 e. The average Bonchev–Trinajstić information content (AvgIpc) is 2.60. The van der Waals surface area contributed by atoms with Crippen LogP contribution < -0.4 is 5.32 Å². The minimum atomic E-state index is 0.413. The van der Waals surface area contributed by atoms with Crippen LogP contribution >= 0.6 is 11.5 Å². The van der Waals surface area contributed by atoms with Gasteiger partial charge in [-0.25, -0.2) is 4.98 Å². The first-order chi connectivity index (χ1) is 8.80. The lowest BCUT2D eigenvalue weighted by atomic mass is 9.63. The molecule has 3 nitrogen and oxygen atoms in total. The lowest BCUT2D eigenvalue weighted by Gasteiger charge is -2.45. The second-order valence-electron chi connectivity index (χ2n) is 7.52. The van der Waals surface area contributed by atoms with E-state index in [1.54, 1.807) is 0 Å². The Balaban J connectivity index is 2.01. The number of hydrogen-bond donors (Lipinski definition) is 1. The third-order valence-electron chi connectivity index (χ3n) is 3.82. The molecule has 1 aromatic rings. The van der Waals surface area contributed by atoms with Crippen molar-refractivity contribution in [2.45, 2.75) is 72.8 Å². The molecule has 0 atom stereocenters. The molecule has 1 aliphatic carbocycles. The van der Waals surface area contributed by atoms with Crippen LogP contribution in [-0.2, 0) is 6.42 Å². The van der Waals surface area contributed by atoms with Gasteiger partial charge in [0, 0.05) is 24.0 Å². The Kier molecular flexibility index (Phi) is 4.19. The Morgan fingerprint density at radius 2 is 1.84 bits per heavy atom. The van der Waals surface area contributed by atoms with Crippen molar-refractivity contribution in [1.29, 1.82) is 0 Å². The molecule has 1 fully saturated rings. The maximum Gasteiger partial charge on any atom is 0.202 e. The summed E-state index contributed by atoms with van der Waals surface area (Å²) in [5, 5.41) is 4.62. The molecule has 0 bridgehead atoms. The topological polar surface area (TPSA) is 37.8 Å². The van der Waals surface area contributed by atoms with E-state index in [1.165, 1.54) is 30.8 Å². The fourth-order valence-corrected chi connectivity index (χ4v) is 4.45. The summed E-state index contributed by atoms with van der Waals surface area (Å²) in [6.45, 7) is 11.7. The average molecular weight is 281 g/mol. The van der Waals surface area contributed by atoms with Crippen LogP contribution in [-0.4, -0.2) is 15.4 Å². The van der Waals surface area contributed by atoms with Gasteiger partial charge in [-0.15, -0.1) is 0 Å². The van der Waals surface area contributed by atoms with Crippen molar-refractivity contribution < 1.29 is 0 Å². The number of nitrogens with one attached hydrogen (secondary N) is 1. The van der Waals surface area contributed by atoms with E-state index in [1.807, 2.05) is 0 Å². The summed E-state index contributed by atoms with van der Waals surface area (Å²) in [6, 6.07) is 0.529. The van der Waals surface area contributed by atoms with Gasteiger partial charge >= 0.3 is 0 Å². The Bertz CT molecular complexity index is 407. The third kappa shape index (κ3) is 4.16. The normalized spacial score (nSPS) is 22.4. The fourth-order valence-electron chi connectivity index (χ4n) is 3.76. The minimum absolute atomic E-state index is 0.413. The predicted molar refractivity (Wildman–Crippen MR) is 82.7 cm³/mol. The molecule has 0 spiro atoms. The highest BCUT2D eigenvalue weighted by atomic mass is 32.1. The van der Waals surface area contributed by atoms with Crippen LogP contribution in [0.5, 0.6) is 0 Å². The van der Waals surface area contributed by atoms with E-state index in [4.69, 9.17) is 0 Å². The molecule has 0 aromatic carbocycles. The number of nitrogens with zero attached hydrogens (tertiary/aromatic N) is 2. The lowest BCUT2D eigenvalue weighted by molar-refractivity contribution is 0.105. The maximum absolute atomic E-state index is 4.59. The van der Waals surface area contributed by atoms with Gasteiger partial charge < -0.3 is 5.32 Å². The molecular formula is C15H27N3S. The maximum atomic E-state index is 4.59. The van der Waals surface area contributed by atoms with E-state index < -0.39 is 0 Å². The second-order valence-corrected chi connectivity index (χ2v) is 8.27. The first-order valence-electron chi connectivity index (χ1n) is 7.39. The molecule has 2 rings (SSSR count). The van der Waals surface area contributed by atoms with Crippen molar-refractivity contribution in [2.24, 2.45) is 10.8 Å². The van der Waals surface area contributed by atoms with Crippen LogP contribution in [0.15, 0.2) is 0 Å². The molecule has 4 heteroatoms. The lowest BCUT2D eigenvalue weighted by Crippen LogP contribution is -2.40. The van der Waals surface area contributed by atoms with Crippen molar-refractivity contribution in [3.05, 3.63) is 5.82 Å². The number of anilines is 1. The van der Waals surface area contributed by atoms with Gasteiger partial charge in [-0.3, -0.25) is 0 Å². The van der Waals surface area contributed by atoms with E-state index >= 15 is 0 Å². The SMILES string of the molecule is CCCc1nsc(NC2CC(C)(C)CC(C)(C)C2)n1. The van der Waals surface area contributed by atoms with Gasteiger partial charge in [-0.1, -0.05) is 34.6 Å². The van der Waals surface area contributed by atoms with Crippen molar-refractivity contribution in [3.8, 4) is 0 Å². The minimum Gasteiger partial charge on any atom is -0.358 e. The summed E-state index contributed by atoms with van der Waals surface area (Å²) in [7, 11) is 0. The van der Waals surface area contributed by atoms with Gasteiger partial charge in [0.15, 0.2) is 0 Å². The smallest absolute Gasteiger partial charge is 0.202 e. The molecule has 0 aliphatic heterocycles. The standard InChI is InChI=1S/C15H27N3S/c1-6-7-12-17-13(19-18-12)16-11-8-14(2,3)10-15(4,5)9-11/h11H,6-10H2,1-5H3,(H,16,17,18). The Hall–Kier alpha value is -0.640. The predicted octanol–water partition coefficient (Wildman–Crippen LogP) is 4.51. The third-order valence-corrected chi connectivity index (χ3v) is 4.51. The molecule has 1 saturated carbocycles.